The van der Waals surface area contributed by atoms with Crippen LogP contribution in [0.1, 0.15) is 44.2 Å². The molecule has 0 spiro atoms. The molecule has 4 rings (SSSR count). The fourth-order valence-electron chi connectivity index (χ4n) is 4.34. The highest BCUT2D eigenvalue weighted by Crippen LogP contribution is 2.44. The van der Waals surface area contributed by atoms with E-state index in [1.165, 1.54) is 6.08 Å². The molecule has 1 saturated heterocycles. The zero-order valence-corrected chi connectivity index (χ0v) is 18.7. The summed E-state index contributed by atoms with van der Waals surface area (Å²) < 4.78 is 0. The van der Waals surface area contributed by atoms with Crippen LogP contribution in [0.25, 0.3) is 6.08 Å². The maximum atomic E-state index is 13.1. The normalized spacial score (nSPS) is 21.9. The molecule has 2 aliphatic heterocycles. The number of urea groups is 1. The molecule has 31 heavy (non-hydrogen) atoms. The molecule has 1 atom stereocenters. The van der Waals surface area contributed by atoms with Crippen LogP contribution < -0.4 is 15.1 Å². The second-order valence-electron chi connectivity index (χ2n) is 8.70. The Balaban J connectivity index is 1.78. The van der Waals surface area contributed by atoms with Crippen LogP contribution in [0.4, 0.5) is 16.2 Å². The van der Waals surface area contributed by atoms with Crippen LogP contribution in [-0.2, 0) is 9.59 Å². The standard InChI is InChI=1S/C24H24ClN3O3/c1-14-13-24(2,3)27(4)20-12-19(25)15(10-17(14)20)11-18-21(29)26-23(31)28(22(18)30)16-8-6-5-7-9-16/h5-12,14H,13H2,1-4H3,(H,26,29,31)/b18-11+/t14-/m0/s1. The summed E-state index contributed by atoms with van der Waals surface area (Å²) in [4.78, 5) is 41.1. The van der Waals surface area contributed by atoms with E-state index in [0.29, 0.717) is 16.3 Å². The number of rotatable bonds is 2. The van der Waals surface area contributed by atoms with Gasteiger partial charge in [0.15, 0.2) is 0 Å². The van der Waals surface area contributed by atoms with Crippen LogP contribution in [0.15, 0.2) is 48.0 Å². The lowest BCUT2D eigenvalue weighted by atomic mass is 9.80. The highest BCUT2D eigenvalue weighted by Gasteiger charge is 2.38. The Labute approximate surface area is 186 Å². The number of hydrogen-bond donors (Lipinski definition) is 1. The zero-order chi connectivity index (χ0) is 22.5. The van der Waals surface area contributed by atoms with E-state index >= 15 is 0 Å². The molecule has 2 aromatic rings. The van der Waals surface area contributed by atoms with Gasteiger partial charge in [-0.15, -0.1) is 0 Å². The predicted octanol–water partition coefficient (Wildman–Crippen LogP) is 4.73. The van der Waals surface area contributed by atoms with Crippen LogP contribution in [0.2, 0.25) is 5.02 Å². The van der Waals surface area contributed by atoms with Gasteiger partial charge in [0.25, 0.3) is 11.8 Å². The number of fused-ring (bicyclic) bond motifs is 1. The number of imide groups is 2. The molecule has 7 heteroatoms. The number of carbonyl (C=O) groups is 3. The summed E-state index contributed by atoms with van der Waals surface area (Å²) >= 11 is 6.57. The second-order valence-corrected chi connectivity index (χ2v) is 9.11. The fourth-order valence-corrected chi connectivity index (χ4v) is 4.55. The summed E-state index contributed by atoms with van der Waals surface area (Å²) in [6.07, 6.45) is 2.43. The van der Waals surface area contributed by atoms with Crippen molar-refractivity contribution >= 4 is 46.9 Å². The van der Waals surface area contributed by atoms with E-state index in [2.05, 4.69) is 31.0 Å². The number of amides is 4. The van der Waals surface area contributed by atoms with Crippen molar-refractivity contribution in [2.24, 2.45) is 0 Å². The third kappa shape index (κ3) is 3.61. The molecule has 2 aromatic carbocycles. The van der Waals surface area contributed by atoms with Gasteiger partial charge >= 0.3 is 6.03 Å². The summed E-state index contributed by atoms with van der Waals surface area (Å²) in [6.45, 7) is 6.54. The number of halogens is 1. The molecule has 2 heterocycles. The minimum absolute atomic E-state index is 0.00844. The lowest BCUT2D eigenvalue weighted by molar-refractivity contribution is -0.122. The highest BCUT2D eigenvalue weighted by molar-refractivity contribution is 6.40. The molecule has 1 N–H and O–H groups in total. The van der Waals surface area contributed by atoms with Gasteiger partial charge in [-0.3, -0.25) is 14.9 Å². The van der Waals surface area contributed by atoms with Gasteiger partial charge in [-0.1, -0.05) is 36.7 Å². The Morgan fingerprint density at radius 3 is 2.48 bits per heavy atom. The fraction of sp³-hybridized carbons (Fsp3) is 0.292. The van der Waals surface area contributed by atoms with Gasteiger partial charge in [-0.2, -0.15) is 0 Å². The quantitative estimate of drug-likeness (QED) is 0.544. The summed E-state index contributed by atoms with van der Waals surface area (Å²) in [6, 6.07) is 11.5. The SMILES string of the molecule is C[C@H]1CC(C)(C)N(C)c2cc(Cl)c(/C=C3\C(=O)NC(=O)N(c4ccccc4)C3=O)cc21. The third-order valence-corrected chi connectivity index (χ3v) is 6.50. The van der Waals surface area contributed by atoms with E-state index < -0.39 is 17.8 Å². The van der Waals surface area contributed by atoms with Crippen LogP contribution in [0.5, 0.6) is 0 Å². The van der Waals surface area contributed by atoms with E-state index in [9.17, 15) is 14.4 Å². The van der Waals surface area contributed by atoms with Gasteiger partial charge in [0.1, 0.15) is 5.57 Å². The second kappa shape index (κ2) is 7.54. The van der Waals surface area contributed by atoms with E-state index in [0.717, 1.165) is 22.6 Å². The molecule has 4 amide bonds. The number of nitrogens with one attached hydrogen (secondary N) is 1. The summed E-state index contributed by atoms with van der Waals surface area (Å²) in [5.41, 5.74) is 2.96. The van der Waals surface area contributed by atoms with E-state index in [1.807, 2.05) is 19.2 Å². The van der Waals surface area contributed by atoms with Crippen molar-refractivity contribution in [3.63, 3.8) is 0 Å². The van der Waals surface area contributed by atoms with Crippen molar-refractivity contribution in [1.29, 1.82) is 0 Å². The Morgan fingerprint density at radius 1 is 1.13 bits per heavy atom. The predicted molar refractivity (Wildman–Crippen MR) is 122 cm³/mol. The smallest absolute Gasteiger partial charge is 0.335 e. The van der Waals surface area contributed by atoms with Crippen molar-refractivity contribution in [3.8, 4) is 0 Å². The topological polar surface area (TPSA) is 69.7 Å². The maximum absolute atomic E-state index is 13.1. The van der Waals surface area contributed by atoms with Gasteiger partial charge < -0.3 is 4.90 Å². The first-order chi connectivity index (χ1) is 14.6. The molecule has 0 aliphatic carbocycles. The van der Waals surface area contributed by atoms with E-state index in [-0.39, 0.29) is 17.0 Å². The van der Waals surface area contributed by atoms with Crippen molar-refractivity contribution in [3.05, 3.63) is 64.2 Å². The van der Waals surface area contributed by atoms with E-state index in [4.69, 9.17) is 11.6 Å². The number of nitrogens with zero attached hydrogens (tertiary/aromatic N) is 2. The summed E-state index contributed by atoms with van der Waals surface area (Å²) in [5.74, 6) is -1.13. The van der Waals surface area contributed by atoms with Gasteiger partial charge in [-0.25, -0.2) is 9.69 Å². The van der Waals surface area contributed by atoms with Crippen LogP contribution in [-0.4, -0.2) is 30.4 Å². The van der Waals surface area contributed by atoms with Crippen molar-refractivity contribution < 1.29 is 14.4 Å². The molecule has 0 aromatic heterocycles. The first-order valence-electron chi connectivity index (χ1n) is 10.1. The molecule has 6 nitrogen and oxygen atoms in total. The average molecular weight is 438 g/mol. The number of anilines is 2. The van der Waals surface area contributed by atoms with Crippen molar-refractivity contribution in [1.82, 2.24) is 5.32 Å². The Kier molecular flexibility index (Phi) is 5.13. The lowest BCUT2D eigenvalue weighted by Crippen LogP contribution is -2.54. The van der Waals surface area contributed by atoms with Gasteiger partial charge in [0.05, 0.1) is 5.69 Å². The largest absolute Gasteiger partial charge is 0.369 e. The van der Waals surface area contributed by atoms with Crippen LogP contribution in [0, 0.1) is 0 Å². The van der Waals surface area contributed by atoms with Crippen LogP contribution in [0.3, 0.4) is 0 Å². The number of barbiturate groups is 1. The molecule has 2 aliphatic rings. The Bertz CT molecular complexity index is 1120. The number of para-hydroxylation sites is 1. The summed E-state index contributed by atoms with van der Waals surface area (Å²) in [7, 11) is 2.04. The molecule has 0 bridgehead atoms. The van der Waals surface area contributed by atoms with Gasteiger partial charge in [0, 0.05) is 23.3 Å². The molecular formula is C24H24ClN3O3. The molecule has 1 fully saturated rings. The highest BCUT2D eigenvalue weighted by atomic mass is 35.5. The number of benzene rings is 2. The Hall–Kier alpha value is -3.12. The number of carbonyl (C=O) groups excluding carboxylic acids is 3. The molecule has 0 unspecified atom stereocenters. The molecule has 0 radical (unpaired) electrons. The average Bonchev–Trinajstić information content (AvgIpc) is 2.70. The minimum Gasteiger partial charge on any atom is -0.369 e. The van der Waals surface area contributed by atoms with Gasteiger partial charge in [-0.05, 0) is 67.7 Å². The number of hydrogen-bond acceptors (Lipinski definition) is 4. The minimum atomic E-state index is -0.771. The van der Waals surface area contributed by atoms with E-state index in [1.54, 1.807) is 30.3 Å². The van der Waals surface area contributed by atoms with Crippen molar-refractivity contribution in [2.75, 3.05) is 16.8 Å². The van der Waals surface area contributed by atoms with Crippen LogP contribution >= 0.6 is 11.6 Å². The lowest BCUT2D eigenvalue weighted by Gasteiger charge is -2.45. The van der Waals surface area contributed by atoms with Crippen molar-refractivity contribution in [2.45, 2.75) is 38.6 Å². The molecule has 160 valence electrons. The Morgan fingerprint density at radius 2 is 1.81 bits per heavy atom. The maximum Gasteiger partial charge on any atom is 0.335 e. The zero-order valence-electron chi connectivity index (χ0n) is 17.9. The molecule has 0 saturated carbocycles. The first kappa shape index (κ1) is 21.1. The monoisotopic (exact) mass is 437 g/mol. The third-order valence-electron chi connectivity index (χ3n) is 6.17. The first-order valence-corrected chi connectivity index (χ1v) is 10.5. The molecular weight excluding hydrogens is 414 g/mol. The van der Waals surface area contributed by atoms with Gasteiger partial charge in [0.2, 0.25) is 0 Å². The summed E-state index contributed by atoms with van der Waals surface area (Å²) in [5, 5.41) is 2.68.